The maximum Gasteiger partial charge on any atom is 0.262 e. The normalized spacial score (nSPS) is 19.3. The zero-order chi connectivity index (χ0) is 23.3. The summed E-state index contributed by atoms with van der Waals surface area (Å²) >= 11 is 0. The molecule has 0 saturated carbocycles. The van der Waals surface area contributed by atoms with Crippen LogP contribution in [0.2, 0.25) is 0 Å². The minimum Gasteiger partial charge on any atom is -0.467 e. The molecule has 2 N–H and O–H groups in total. The van der Waals surface area contributed by atoms with Gasteiger partial charge in [-0.2, -0.15) is 5.10 Å². The van der Waals surface area contributed by atoms with E-state index in [-0.39, 0.29) is 30.3 Å². The summed E-state index contributed by atoms with van der Waals surface area (Å²) in [6, 6.07) is 14.3. The predicted octanol–water partition coefficient (Wildman–Crippen LogP) is 4.96. The van der Waals surface area contributed by atoms with E-state index in [0.717, 1.165) is 12.8 Å². The van der Waals surface area contributed by atoms with Crippen LogP contribution in [0.25, 0.3) is 0 Å². The lowest BCUT2D eigenvalue weighted by Crippen LogP contribution is -2.32. The molecule has 8 nitrogen and oxygen atoms in total. The van der Waals surface area contributed by atoms with Gasteiger partial charge in [0.2, 0.25) is 5.91 Å². The highest BCUT2D eigenvalue weighted by Crippen LogP contribution is 2.33. The molecule has 2 unspecified atom stereocenters. The summed E-state index contributed by atoms with van der Waals surface area (Å²) in [5.74, 6) is 1.32. The van der Waals surface area contributed by atoms with E-state index in [2.05, 4.69) is 27.9 Å². The van der Waals surface area contributed by atoms with Gasteiger partial charge in [0.15, 0.2) is 0 Å². The van der Waals surface area contributed by atoms with Gasteiger partial charge in [0.25, 0.3) is 5.91 Å². The van der Waals surface area contributed by atoms with Crippen LogP contribution in [0.4, 0.5) is 11.4 Å². The number of nitrogens with one attached hydrogen (secondary N) is 2. The lowest BCUT2D eigenvalue weighted by molar-refractivity contribution is -0.131. The first-order chi connectivity index (χ1) is 16.7. The molecule has 8 heteroatoms. The van der Waals surface area contributed by atoms with Crippen LogP contribution in [0, 0.1) is 5.92 Å². The number of hydrazone groups is 1. The number of para-hydroxylation sites is 2. The maximum absolute atomic E-state index is 13.2. The van der Waals surface area contributed by atoms with Crippen LogP contribution in [-0.2, 0) is 9.59 Å². The van der Waals surface area contributed by atoms with Crippen molar-refractivity contribution >= 4 is 28.9 Å². The monoisotopic (exact) mass is 458 g/mol. The summed E-state index contributed by atoms with van der Waals surface area (Å²) in [5, 5.41) is 12.1. The molecule has 3 aromatic rings. The van der Waals surface area contributed by atoms with E-state index in [9.17, 15) is 9.59 Å². The molecule has 34 heavy (non-hydrogen) atoms. The van der Waals surface area contributed by atoms with Crippen molar-refractivity contribution in [3.05, 3.63) is 84.7 Å². The van der Waals surface area contributed by atoms with E-state index in [4.69, 9.17) is 8.83 Å². The van der Waals surface area contributed by atoms with Crippen LogP contribution >= 0.6 is 0 Å². The number of nitrogens with zero attached hydrogens (tertiary/aromatic N) is 2. The molecule has 5 rings (SSSR count). The predicted molar refractivity (Wildman–Crippen MR) is 128 cm³/mol. The van der Waals surface area contributed by atoms with Crippen molar-refractivity contribution in [1.29, 1.82) is 0 Å². The number of amides is 2. The largest absolute Gasteiger partial charge is 0.467 e. The van der Waals surface area contributed by atoms with Crippen molar-refractivity contribution < 1.29 is 18.4 Å². The fourth-order valence-corrected chi connectivity index (χ4v) is 4.34. The molecule has 1 aliphatic carbocycles. The SMILES string of the molecule is O=C(CC1C=CCC1)Nc1ccccc1NCC(=O)N1N=C(c2ccco2)CC1c1ccco1. The third-order valence-corrected chi connectivity index (χ3v) is 6.03. The van der Waals surface area contributed by atoms with Gasteiger partial charge in [0.1, 0.15) is 23.3 Å². The molecule has 2 aromatic heterocycles. The minimum absolute atomic E-state index is 0.00436. The highest BCUT2D eigenvalue weighted by molar-refractivity contribution is 6.01. The van der Waals surface area contributed by atoms with E-state index in [1.54, 1.807) is 24.7 Å². The van der Waals surface area contributed by atoms with Crippen LogP contribution in [0.3, 0.4) is 0 Å². The van der Waals surface area contributed by atoms with E-state index < -0.39 is 0 Å². The fourth-order valence-electron chi connectivity index (χ4n) is 4.34. The number of hydrogen-bond donors (Lipinski definition) is 2. The summed E-state index contributed by atoms with van der Waals surface area (Å²) in [7, 11) is 0. The van der Waals surface area contributed by atoms with Gasteiger partial charge in [-0.3, -0.25) is 9.59 Å². The Hall–Kier alpha value is -4.07. The Bertz CT molecular complexity index is 1200. The van der Waals surface area contributed by atoms with Crippen LogP contribution in [0.1, 0.15) is 43.2 Å². The first-order valence-electron chi connectivity index (χ1n) is 11.4. The summed E-state index contributed by atoms with van der Waals surface area (Å²) in [6.07, 6.45) is 10.4. The molecule has 0 saturated heterocycles. The van der Waals surface area contributed by atoms with Gasteiger partial charge in [-0.15, -0.1) is 0 Å². The molecule has 1 aromatic carbocycles. The Morgan fingerprint density at radius 2 is 1.85 bits per heavy atom. The number of carbonyl (C=O) groups is 2. The molecule has 0 fully saturated rings. The van der Waals surface area contributed by atoms with Crippen molar-refractivity contribution in [2.75, 3.05) is 17.2 Å². The zero-order valence-corrected chi connectivity index (χ0v) is 18.6. The average molecular weight is 459 g/mol. The van der Waals surface area contributed by atoms with Gasteiger partial charge >= 0.3 is 0 Å². The van der Waals surface area contributed by atoms with E-state index in [1.807, 2.05) is 36.4 Å². The van der Waals surface area contributed by atoms with E-state index in [0.29, 0.717) is 41.4 Å². The van der Waals surface area contributed by atoms with Crippen molar-refractivity contribution in [1.82, 2.24) is 5.01 Å². The molecule has 3 heterocycles. The van der Waals surface area contributed by atoms with E-state index >= 15 is 0 Å². The van der Waals surface area contributed by atoms with Crippen LogP contribution < -0.4 is 10.6 Å². The third kappa shape index (κ3) is 4.80. The first-order valence-corrected chi connectivity index (χ1v) is 11.4. The van der Waals surface area contributed by atoms with Crippen molar-refractivity contribution in [3.63, 3.8) is 0 Å². The molecular weight excluding hydrogens is 432 g/mol. The van der Waals surface area contributed by atoms with Crippen LogP contribution in [0.5, 0.6) is 0 Å². The number of anilines is 2. The lowest BCUT2D eigenvalue weighted by atomic mass is 10.0. The topological polar surface area (TPSA) is 100 Å². The lowest BCUT2D eigenvalue weighted by Gasteiger charge is -2.21. The summed E-state index contributed by atoms with van der Waals surface area (Å²) in [6.45, 7) is 0.00436. The Morgan fingerprint density at radius 3 is 2.59 bits per heavy atom. The van der Waals surface area contributed by atoms with Gasteiger partial charge in [-0.1, -0.05) is 24.3 Å². The number of allylic oxidation sites excluding steroid dienone is 2. The smallest absolute Gasteiger partial charge is 0.262 e. The fraction of sp³-hybridized carbons (Fsp3) is 0.269. The summed E-state index contributed by atoms with van der Waals surface area (Å²) in [4.78, 5) is 25.7. The van der Waals surface area contributed by atoms with Crippen molar-refractivity contribution in [3.8, 4) is 0 Å². The first kappa shape index (κ1) is 21.8. The highest BCUT2D eigenvalue weighted by atomic mass is 16.3. The Labute approximate surface area is 197 Å². The van der Waals surface area contributed by atoms with Crippen molar-refractivity contribution in [2.45, 2.75) is 31.7 Å². The molecule has 0 bridgehead atoms. The van der Waals surface area contributed by atoms with Crippen LogP contribution in [0.15, 0.2) is 87.1 Å². The zero-order valence-electron chi connectivity index (χ0n) is 18.6. The van der Waals surface area contributed by atoms with Crippen molar-refractivity contribution in [2.24, 2.45) is 11.0 Å². The van der Waals surface area contributed by atoms with Gasteiger partial charge in [0, 0.05) is 12.8 Å². The molecule has 0 radical (unpaired) electrons. The number of carbonyl (C=O) groups excluding carboxylic acids is 2. The molecule has 1 aliphatic heterocycles. The number of benzene rings is 1. The molecular formula is C26H26N4O4. The third-order valence-electron chi connectivity index (χ3n) is 6.03. The van der Waals surface area contributed by atoms with Gasteiger partial charge in [-0.05, 0) is 55.2 Å². The van der Waals surface area contributed by atoms with E-state index in [1.165, 1.54) is 5.01 Å². The van der Waals surface area contributed by atoms with Gasteiger partial charge in [0.05, 0.1) is 30.4 Å². The molecule has 174 valence electrons. The Morgan fingerprint density at radius 1 is 1.03 bits per heavy atom. The summed E-state index contributed by atoms with van der Waals surface area (Å²) in [5.41, 5.74) is 2.01. The number of furan rings is 2. The minimum atomic E-state index is -0.348. The van der Waals surface area contributed by atoms with Crippen LogP contribution in [-0.4, -0.2) is 29.1 Å². The van der Waals surface area contributed by atoms with Gasteiger partial charge < -0.3 is 19.5 Å². The van der Waals surface area contributed by atoms with Gasteiger partial charge in [-0.25, -0.2) is 5.01 Å². The number of rotatable bonds is 8. The number of hydrogen-bond acceptors (Lipinski definition) is 6. The molecule has 2 aliphatic rings. The standard InChI is InChI=1S/C26H26N4O4/c31-25(15-18-7-1-2-8-18)28-20-10-4-3-9-19(20)27-17-26(32)30-22(24-12-6-14-34-24)16-21(29-30)23-11-5-13-33-23/h1,3-7,9-14,18,22,27H,2,8,15-17H2,(H,28,31). The maximum atomic E-state index is 13.2. The Balaban J connectivity index is 1.27. The second-order valence-electron chi connectivity index (χ2n) is 8.41. The Kier molecular flexibility index (Phi) is 6.29. The molecule has 0 spiro atoms. The molecule has 2 amide bonds. The quantitative estimate of drug-likeness (QED) is 0.465. The summed E-state index contributed by atoms with van der Waals surface area (Å²) < 4.78 is 11.1. The molecule has 2 atom stereocenters. The second kappa shape index (κ2) is 9.82. The average Bonchev–Trinajstić information content (AvgIpc) is 3.64. The second-order valence-corrected chi connectivity index (χ2v) is 8.41. The highest BCUT2D eigenvalue weighted by Gasteiger charge is 2.35.